The number of fused-ring (bicyclic) bond motifs is 1. The molecule has 18 heavy (non-hydrogen) atoms. The molecular weight excluding hydrogens is 235 g/mol. The van der Waals surface area contributed by atoms with Crippen molar-refractivity contribution in [3.63, 3.8) is 0 Å². The lowest BCUT2D eigenvalue weighted by Gasteiger charge is -2.07. The Hall–Kier alpha value is -2.01. The van der Waals surface area contributed by atoms with Crippen LogP contribution in [-0.2, 0) is 0 Å². The number of carbonyl (C=O) groups is 1. The van der Waals surface area contributed by atoms with Crippen LogP contribution in [0.3, 0.4) is 0 Å². The van der Waals surface area contributed by atoms with Crippen molar-refractivity contribution < 1.29 is 14.3 Å². The molecule has 0 aliphatic heterocycles. The van der Waals surface area contributed by atoms with Crippen molar-refractivity contribution in [2.45, 2.75) is 13.0 Å². The van der Waals surface area contributed by atoms with E-state index in [-0.39, 0.29) is 17.8 Å². The molecule has 94 valence electrons. The van der Waals surface area contributed by atoms with Crippen LogP contribution in [0.25, 0.3) is 10.9 Å². The van der Waals surface area contributed by atoms with Gasteiger partial charge in [-0.1, -0.05) is 18.2 Å². The summed E-state index contributed by atoms with van der Waals surface area (Å²) in [5.41, 5.74) is 0.301. The van der Waals surface area contributed by atoms with Crippen molar-refractivity contribution in [2.24, 2.45) is 0 Å². The van der Waals surface area contributed by atoms with Crippen molar-refractivity contribution in [2.75, 3.05) is 6.54 Å². The van der Waals surface area contributed by atoms with Gasteiger partial charge in [0.15, 0.2) is 0 Å². The first kappa shape index (κ1) is 12.4. The number of rotatable bonds is 3. The number of para-hydroxylation sites is 1. The van der Waals surface area contributed by atoms with Gasteiger partial charge in [-0.2, -0.15) is 0 Å². The maximum absolute atomic E-state index is 13.5. The molecule has 0 fully saturated rings. The maximum Gasteiger partial charge on any atom is 0.269 e. The lowest BCUT2D eigenvalue weighted by molar-refractivity contribution is 0.0919. The van der Waals surface area contributed by atoms with Gasteiger partial charge in [-0.3, -0.25) is 4.79 Å². The van der Waals surface area contributed by atoms with E-state index in [1.807, 2.05) is 0 Å². The smallest absolute Gasteiger partial charge is 0.269 e. The molecule has 2 rings (SSSR count). The Balaban J connectivity index is 2.29. The van der Waals surface area contributed by atoms with Gasteiger partial charge >= 0.3 is 0 Å². The number of aliphatic hydroxyl groups excluding tert-OH is 1. The Bertz CT molecular complexity index is 584. The highest BCUT2D eigenvalue weighted by Crippen LogP contribution is 2.15. The first-order valence-corrected chi connectivity index (χ1v) is 5.59. The molecule has 0 radical (unpaired) electrons. The Morgan fingerprint density at radius 2 is 2.22 bits per heavy atom. The minimum atomic E-state index is -0.633. The number of aliphatic hydroxyl groups is 1. The molecule has 1 unspecified atom stereocenters. The van der Waals surface area contributed by atoms with E-state index < -0.39 is 17.8 Å². The highest BCUT2D eigenvalue weighted by molar-refractivity contribution is 5.94. The molecule has 0 saturated carbocycles. The van der Waals surface area contributed by atoms with Gasteiger partial charge in [-0.15, -0.1) is 0 Å². The summed E-state index contributed by atoms with van der Waals surface area (Å²) in [6, 6.07) is 7.78. The van der Waals surface area contributed by atoms with Crippen molar-refractivity contribution in [1.82, 2.24) is 10.3 Å². The molecule has 1 amide bonds. The third-order valence-electron chi connectivity index (χ3n) is 2.46. The summed E-state index contributed by atoms with van der Waals surface area (Å²) in [7, 11) is 0. The van der Waals surface area contributed by atoms with E-state index in [4.69, 9.17) is 5.11 Å². The minimum Gasteiger partial charge on any atom is -0.392 e. The Labute approximate surface area is 103 Å². The van der Waals surface area contributed by atoms with Crippen molar-refractivity contribution in [3.8, 4) is 0 Å². The number of pyridine rings is 1. The molecule has 2 aromatic rings. The SMILES string of the molecule is CC(O)CNC(=O)c1ccc2cccc(F)c2n1. The molecule has 0 aliphatic carbocycles. The lowest BCUT2D eigenvalue weighted by atomic mass is 10.2. The Morgan fingerprint density at radius 1 is 1.44 bits per heavy atom. The number of nitrogens with one attached hydrogen (secondary N) is 1. The van der Waals surface area contributed by atoms with Crippen LogP contribution >= 0.6 is 0 Å². The second-order valence-corrected chi connectivity index (χ2v) is 4.07. The summed E-state index contributed by atoms with van der Waals surface area (Å²) in [6.07, 6.45) is -0.633. The van der Waals surface area contributed by atoms with Gasteiger partial charge in [0.05, 0.1) is 6.10 Å². The molecule has 1 aromatic heterocycles. The van der Waals surface area contributed by atoms with E-state index in [1.54, 1.807) is 25.1 Å². The number of nitrogens with zero attached hydrogens (tertiary/aromatic N) is 1. The van der Waals surface area contributed by atoms with Crippen molar-refractivity contribution in [1.29, 1.82) is 0 Å². The summed E-state index contributed by atoms with van der Waals surface area (Å²) >= 11 is 0. The molecule has 1 aromatic carbocycles. The molecule has 0 aliphatic rings. The van der Waals surface area contributed by atoms with Crippen LogP contribution in [0.5, 0.6) is 0 Å². The Morgan fingerprint density at radius 3 is 2.94 bits per heavy atom. The van der Waals surface area contributed by atoms with E-state index in [0.717, 1.165) is 0 Å². The fourth-order valence-electron chi connectivity index (χ4n) is 1.57. The van der Waals surface area contributed by atoms with Crippen LogP contribution < -0.4 is 5.32 Å². The number of halogens is 1. The molecule has 2 N–H and O–H groups in total. The van der Waals surface area contributed by atoms with Crippen LogP contribution in [0, 0.1) is 5.82 Å². The quantitative estimate of drug-likeness (QED) is 0.865. The largest absolute Gasteiger partial charge is 0.392 e. The third kappa shape index (κ3) is 2.62. The topological polar surface area (TPSA) is 62.2 Å². The second-order valence-electron chi connectivity index (χ2n) is 4.07. The summed E-state index contributed by atoms with van der Waals surface area (Å²) in [5.74, 6) is -0.890. The van der Waals surface area contributed by atoms with Gasteiger partial charge in [-0.25, -0.2) is 9.37 Å². The molecule has 4 nitrogen and oxygen atoms in total. The van der Waals surface area contributed by atoms with Crippen LogP contribution in [0.4, 0.5) is 4.39 Å². The third-order valence-corrected chi connectivity index (χ3v) is 2.46. The number of benzene rings is 1. The molecule has 0 bridgehead atoms. The van der Waals surface area contributed by atoms with Crippen LogP contribution in [0.1, 0.15) is 17.4 Å². The summed E-state index contributed by atoms with van der Waals surface area (Å²) < 4.78 is 13.5. The summed E-state index contributed by atoms with van der Waals surface area (Å²) in [6.45, 7) is 1.70. The maximum atomic E-state index is 13.5. The first-order valence-electron chi connectivity index (χ1n) is 5.59. The van der Waals surface area contributed by atoms with Crippen molar-refractivity contribution in [3.05, 3.63) is 41.8 Å². The number of hydrogen-bond donors (Lipinski definition) is 2. The van der Waals surface area contributed by atoms with E-state index in [9.17, 15) is 9.18 Å². The van der Waals surface area contributed by atoms with Crippen LogP contribution in [0.15, 0.2) is 30.3 Å². The second kappa shape index (κ2) is 5.10. The van der Waals surface area contributed by atoms with E-state index in [1.165, 1.54) is 12.1 Å². The van der Waals surface area contributed by atoms with Gasteiger partial charge in [0, 0.05) is 11.9 Å². The van der Waals surface area contributed by atoms with E-state index >= 15 is 0 Å². The average Bonchev–Trinajstić information content (AvgIpc) is 2.36. The molecule has 5 heteroatoms. The zero-order valence-corrected chi connectivity index (χ0v) is 9.85. The van der Waals surface area contributed by atoms with E-state index in [2.05, 4.69) is 10.3 Å². The van der Waals surface area contributed by atoms with Gasteiger partial charge < -0.3 is 10.4 Å². The lowest BCUT2D eigenvalue weighted by Crippen LogP contribution is -2.31. The molecule has 1 atom stereocenters. The Kier molecular flexibility index (Phi) is 3.53. The monoisotopic (exact) mass is 248 g/mol. The van der Waals surface area contributed by atoms with Gasteiger partial charge in [0.25, 0.3) is 5.91 Å². The highest BCUT2D eigenvalue weighted by atomic mass is 19.1. The van der Waals surface area contributed by atoms with Crippen LogP contribution in [-0.4, -0.2) is 28.6 Å². The molecule has 0 spiro atoms. The molecular formula is C13H13FN2O2. The summed E-state index contributed by atoms with van der Waals surface area (Å²) in [5, 5.41) is 12.2. The zero-order chi connectivity index (χ0) is 13.1. The molecule has 0 saturated heterocycles. The van der Waals surface area contributed by atoms with Gasteiger partial charge in [0.2, 0.25) is 0 Å². The van der Waals surface area contributed by atoms with Crippen molar-refractivity contribution >= 4 is 16.8 Å². The average molecular weight is 248 g/mol. The summed E-state index contributed by atoms with van der Waals surface area (Å²) in [4.78, 5) is 15.7. The standard InChI is InChI=1S/C13H13FN2O2/c1-8(17)7-15-13(18)11-6-5-9-3-2-4-10(14)12(9)16-11/h2-6,8,17H,7H2,1H3,(H,15,18). The van der Waals surface area contributed by atoms with E-state index in [0.29, 0.717) is 5.39 Å². The van der Waals surface area contributed by atoms with Crippen LogP contribution in [0.2, 0.25) is 0 Å². The fraction of sp³-hybridized carbons (Fsp3) is 0.231. The highest BCUT2D eigenvalue weighted by Gasteiger charge is 2.10. The zero-order valence-electron chi connectivity index (χ0n) is 9.85. The first-order chi connectivity index (χ1) is 8.58. The normalized spacial score (nSPS) is 12.4. The van der Waals surface area contributed by atoms with Gasteiger partial charge in [-0.05, 0) is 19.1 Å². The number of aromatic nitrogens is 1. The fourth-order valence-corrected chi connectivity index (χ4v) is 1.57. The molecule has 1 heterocycles. The number of carbonyl (C=O) groups excluding carboxylic acids is 1. The minimum absolute atomic E-state index is 0.133. The predicted octanol–water partition coefficient (Wildman–Crippen LogP) is 1.48. The number of amides is 1. The predicted molar refractivity (Wildman–Crippen MR) is 65.7 cm³/mol. The number of hydrogen-bond acceptors (Lipinski definition) is 3. The van der Waals surface area contributed by atoms with Gasteiger partial charge in [0.1, 0.15) is 17.0 Å².